The molecule has 0 bridgehead atoms. The summed E-state index contributed by atoms with van der Waals surface area (Å²) in [7, 11) is 0. The zero-order chi connectivity index (χ0) is 19.3. The number of benzene rings is 2. The number of nitrogens with zero attached hydrogens (tertiary/aromatic N) is 1. The van der Waals surface area contributed by atoms with Crippen molar-refractivity contribution in [3.63, 3.8) is 0 Å². The number of nitrogens with one attached hydrogen (secondary N) is 2. The van der Waals surface area contributed by atoms with E-state index in [4.69, 9.17) is 4.74 Å². The van der Waals surface area contributed by atoms with Crippen LogP contribution in [0.4, 0.5) is 4.79 Å². The van der Waals surface area contributed by atoms with Crippen molar-refractivity contribution in [1.82, 2.24) is 14.9 Å². The molecule has 7 heteroatoms. The molecule has 1 aliphatic carbocycles. The molecule has 28 heavy (non-hydrogen) atoms. The number of amides is 3. The Hall–Kier alpha value is -2.51. The normalized spacial score (nSPS) is 16.4. The molecule has 0 aromatic heterocycles. The summed E-state index contributed by atoms with van der Waals surface area (Å²) >= 11 is 1.58. The van der Waals surface area contributed by atoms with Crippen molar-refractivity contribution in [2.75, 3.05) is 13.2 Å². The van der Waals surface area contributed by atoms with Gasteiger partial charge >= 0.3 is 6.03 Å². The second-order valence-electron chi connectivity index (χ2n) is 7.18. The first-order valence-electron chi connectivity index (χ1n) is 9.45. The summed E-state index contributed by atoms with van der Waals surface area (Å²) in [5.74, 6) is 1.43. The highest BCUT2D eigenvalue weighted by Crippen LogP contribution is 2.30. The molecule has 1 saturated carbocycles. The number of ether oxygens (including phenoxy) is 1. The van der Waals surface area contributed by atoms with Gasteiger partial charge in [-0.3, -0.25) is 14.8 Å². The SMILES string of the molecule is O=C1CN(Cc2ccc(CNSc3cccc(OCC4CC4)c3)cc2)C(=O)N1. The van der Waals surface area contributed by atoms with Crippen LogP contribution in [-0.4, -0.2) is 30.0 Å². The number of urea groups is 1. The van der Waals surface area contributed by atoms with Crippen molar-refractivity contribution in [3.8, 4) is 5.75 Å². The topological polar surface area (TPSA) is 70.7 Å². The van der Waals surface area contributed by atoms with Gasteiger partial charge in [0.25, 0.3) is 0 Å². The van der Waals surface area contributed by atoms with Gasteiger partial charge < -0.3 is 9.64 Å². The number of hydrogen-bond acceptors (Lipinski definition) is 5. The van der Waals surface area contributed by atoms with Crippen LogP contribution in [0.25, 0.3) is 0 Å². The fraction of sp³-hybridized carbons (Fsp3) is 0.333. The summed E-state index contributed by atoms with van der Waals surface area (Å²) in [5.41, 5.74) is 2.15. The first kappa shape index (κ1) is 18.8. The molecule has 1 heterocycles. The first-order valence-corrected chi connectivity index (χ1v) is 10.3. The van der Waals surface area contributed by atoms with E-state index < -0.39 is 0 Å². The molecule has 146 valence electrons. The third-order valence-corrected chi connectivity index (χ3v) is 5.50. The van der Waals surface area contributed by atoms with Crippen molar-refractivity contribution >= 4 is 23.9 Å². The highest BCUT2D eigenvalue weighted by Gasteiger charge is 2.26. The molecular formula is C21H23N3O3S. The van der Waals surface area contributed by atoms with Gasteiger partial charge in [0.2, 0.25) is 5.91 Å². The van der Waals surface area contributed by atoms with Gasteiger partial charge in [0.05, 0.1) is 6.61 Å². The molecule has 0 radical (unpaired) electrons. The van der Waals surface area contributed by atoms with E-state index in [1.807, 2.05) is 36.4 Å². The molecule has 4 rings (SSSR count). The minimum atomic E-state index is -0.324. The summed E-state index contributed by atoms with van der Waals surface area (Å²) in [6.07, 6.45) is 2.58. The molecule has 2 N–H and O–H groups in total. The number of imide groups is 1. The Morgan fingerprint density at radius 3 is 2.61 bits per heavy atom. The second kappa shape index (κ2) is 8.67. The molecule has 0 atom stereocenters. The molecule has 6 nitrogen and oxygen atoms in total. The molecule has 0 unspecified atom stereocenters. The van der Waals surface area contributed by atoms with E-state index in [-0.39, 0.29) is 18.5 Å². The van der Waals surface area contributed by atoms with Crippen LogP contribution >= 0.6 is 11.9 Å². The Bertz CT molecular complexity index is 852. The van der Waals surface area contributed by atoms with Crippen molar-refractivity contribution in [2.24, 2.45) is 5.92 Å². The molecule has 0 spiro atoms. The van der Waals surface area contributed by atoms with Gasteiger partial charge in [-0.1, -0.05) is 30.3 Å². The summed E-state index contributed by atoms with van der Waals surface area (Å²) in [6.45, 7) is 2.11. The zero-order valence-electron chi connectivity index (χ0n) is 15.5. The average molecular weight is 398 g/mol. The molecular weight excluding hydrogens is 374 g/mol. The highest BCUT2D eigenvalue weighted by molar-refractivity contribution is 7.97. The number of carbonyl (C=O) groups is 2. The van der Waals surface area contributed by atoms with Crippen LogP contribution in [0.1, 0.15) is 24.0 Å². The standard InChI is InChI=1S/C21H23N3O3S/c25-20-13-24(21(26)23-20)12-16-6-4-15(5-7-16)11-22-28-19-3-1-2-18(10-19)27-14-17-8-9-17/h1-7,10,17,22H,8-9,11-14H2,(H,23,25,26). The first-order chi connectivity index (χ1) is 13.7. The van der Waals surface area contributed by atoms with Crippen LogP contribution in [0.3, 0.4) is 0 Å². The van der Waals surface area contributed by atoms with Crippen molar-refractivity contribution in [2.45, 2.75) is 30.8 Å². The van der Waals surface area contributed by atoms with Gasteiger partial charge in [-0.15, -0.1) is 0 Å². The lowest BCUT2D eigenvalue weighted by Crippen LogP contribution is -2.27. The van der Waals surface area contributed by atoms with E-state index in [0.29, 0.717) is 6.54 Å². The number of rotatable bonds is 9. The van der Waals surface area contributed by atoms with Crippen molar-refractivity contribution in [3.05, 3.63) is 59.7 Å². The summed E-state index contributed by atoms with van der Waals surface area (Å²) in [4.78, 5) is 25.5. The third kappa shape index (κ3) is 5.27. The fourth-order valence-electron chi connectivity index (χ4n) is 2.92. The molecule has 2 fully saturated rings. The second-order valence-corrected chi connectivity index (χ2v) is 8.14. The minimum Gasteiger partial charge on any atom is -0.493 e. The molecule has 3 amide bonds. The maximum atomic E-state index is 11.6. The van der Waals surface area contributed by atoms with Crippen LogP contribution < -0.4 is 14.8 Å². The monoisotopic (exact) mass is 397 g/mol. The van der Waals surface area contributed by atoms with E-state index in [9.17, 15) is 9.59 Å². The van der Waals surface area contributed by atoms with Gasteiger partial charge in [-0.05, 0) is 60.0 Å². The van der Waals surface area contributed by atoms with Crippen LogP contribution in [0.5, 0.6) is 5.75 Å². The van der Waals surface area contributed by atoms with E-state index in [1.54, 1.807) is 11.9 Å². The average Bonchev–Trinajstić information content (AvgIpc) is 3.46. The lowest BCUT2D eigenvalue weighted by atomic mass is 10.1. The lowest BCUT2D eigenvalue weighted by molar-refractivity contribution is -0.118. The van der Waals surface area contributed by atoms with Gasteiger partial charge in [0.1, 0.15) is 12.3 Å². The quantitative estimate of drug-likeness (QED) is 0.502. The molecule has 2 aliphatic rings. The van der Waals surface area contributed by atoms with Crippen LogP contribution in [0.2, 0.25) is 0 Å². The summed E-state index contributed by atoms with van der Waals surface area (Å²) in [5, 5.41) is 2.29. The Morgan fingerprint density at radius 2 is 1.89 bits per heavy atom. The summed E-state index contributed by atoms with van der Waals surface area (Å²) in [6, 6.07) is 15.9. The Balaban J connectivity index is 1.23. The lowest BCUT2D eigenvalue weighted by Gasteiger charge is -2.13. The van der Waals surface area contributed by atoms with Crippen molar-refractivity contribution < 1.29 is 14.3 Å². The maximum absolute atomic E-state index is 11.6. The third-order valence-electron chi connectivity index (χ3n) is 4.72. The van der Waals surface area contributed by atoms with E-state index in [1.165, 1.54) is 17.7 Å². The number of hydrogen-bond donors (Lipinski definition) is 2. The minimum absolute atomic E-state index is 0.127. The van der Waals surface area contributed by atoms with Crippen LogP contribution in [0, 0.1) is 5.92 Å². The molecule has 1 saturated heterocycles. The fourth-order valence-corrected chi connectivity index (χ4v) is 3.65. The van der Waals surface area contributed by atoms with Gasteiger partial charge in [-0.25, -0.2) is 4.79 Å². The molecule has 2 aromatic carbocycles. The van der Waals surface area contributed by atoms with Gasteiger partial charge in [0.15, 0.2) is 0 Å². The highest BCUT2D eigenvalue weighted by atomic mass is 32.2. The molecule has 1 aliphatic heterocycles. The Morgan fingerprint density at radius 1 is 1.11 bits per heavy atom. The van der Waals surface area contributed by atoms with E-state index in [0.717, 1.165) is 40.8 Å². The van der Waals surface area contributed by atoms with Crippen LogP contribution in [-0.2, 0) is 17.9 Å². The van der Waals surface area contributed by atoms with Crippen molar-refractivity contribution in [1.29, 1.82) is 0 Å². The van der Waals surface area contributed by atoms with Gasteiger partial charge in [-0.2, -0.15) is 0 Å². The van der Waals surface area contributed by atoms with Gasteiger partial charge in [0, 0.05) is 18.0 Å². The number of carbonyl (C=O) groups excluding carboxylic acids is 2. The Kier molecular flexibility index (Phi) is 5.83. The summed E-state index contributed by atoms with van der Waals surface area (Å²) < 4.78 is 9.19. The maximum Gasteiger partial charge on any atom is 0.324 e. The molecule has 2 aromatic rings. The smallest absolute Gasteiger partial charge is 0.324 e. The predicted molar refractivity (Wildman–Crippen MR) is 108 cm³/mol. The zero-order valence-corrected chi connectivity index (χ0v) is 16.3. The predicted octanol–water partition coefficient (Wildman–Crippen LogP) is 3.32. The van der Waals surface area contributed by atoms with Crippen LogP contribution in [0.15, 0.2) is 53.4 Å². The largest absolute Gasteiger partial charge is 0.493 e. The van der Waals surface area contributed by atoms with E-state index in [2.05, 4.69) is 22.2 Å². The Labute approximate surface area is 168 Å². The van der Waals surface area contributed by atoms with E-state index >= 15 is 0 Å².